The molecule has 0 radical (unpaired) electrons. The van der Waals surface area contributed by atoms with Crippen LogP contribution in [0, 0.1) is 0 Å². The summed E-state index contributed by atoms with van der Waals surface area (Å²) in [5.41, 5.74) is 1.12. The van der Waals surface area contributed by atoms with Crippen LogP contribution in [0.4, 0.5) is 11.5 Å². The van der Waals surface area contributed by atoms with E-state index >= 15 is 0 Å². The van der Waals surface area contributed by atoms with Crippen LogP contribution in [0.3, 0.4) is 0 Å². The van der Waals surface area contributed by atoms with Crippen molar-refractivity contribution in [2.45, 2.75) is 38.6 Å². The molecule has 138 valence electrons. The lowest BCUT2D eigenvalue weighted by Gasteiger charge is -2.37. The van der Waals surface area contributed by atoms with E-state index < -0.39 is 0 Å². The molecule has 6 heteroatoms. The van der Waals surface area contributed by atoms with Crippen molar-refractivity contribution in [2.24, 2.45) is 0 Å². The number of ether oxygens (including phenoxy) is 1. The number of hydrogen-bond donors (Lipinski definition) is 1. The first-order chi connectivity index (χ1) is 12.7. The Balaban J connectivity index is 1.53. The molecule has 26 heavy (non-hydrogen) atoms. The fourth-order valence-electron chi connectivity index (χ4n) is 3.25. The third-order valence-electron chi connectivity index (χ3n) is 4.63. The monoisotopic (exact) mass is 373 g/mol. The van der Waals surface area contributed by atoms with Crippen LogP contribution in [0.25, 0.3) is 0 Å². The molecule has 1 amide bonds. The van der Waals surface area contributed by atoms with Gasteiger partial charge in [0.25, 0.3) is 5.91 Å². The number of carbonyl (C=O) groups is 1. The van der Waals surface area contributed by atoms with Crippen molar-refractivity contribution in [3.8, 4) is 5.75 Å². The molecule has 1 unspecified atom stereocenters. The lowest BCUT2D eigenvalue weighted by Crippen LogP contribution is -2.39. The molecule has 1 atom stereocenters. The first-order valence-electron chi connectivity index (χ1n) is 9.06. The highest BCUT2D eigenvalue weighted by atomic mass is 35.5. The van der Waals surface area contributed by atoms with Gasteiger partial charge in [-0.1, -0.05) is 18.5 Å². The SMILES string of the molecule is CCC1CCCCN1c1ccc(NC(=O)COc2ccc(Cl)cc2)nc1. The first kappa shape index (κ1) is 18.5. The van der Waals surface area contributed by atoms with E-state index in [4.69, 9.17) is 16.3 Å². The minimum Gasteiger partial charge on any atom is -0.484 e. The molecule has 1 aliphatic heterocycles. The summed E-state index contributed by atoms with van der Waals surface area (Å²) in [4.78, 5) is 18.8. The number of rotatable bonds is 6. The molecule has 1 aromatic heterocycles. The normalized spacial score (nSPS) is 17.0. The van der Waals surface area contributed by atoms with Crippen molar-refractivity contribution in [1.82, 2.24) is 4.98 Å². The number of anilines is 2. The number of halogens is 1. The molecule has 0 spiro atoms. The number of benzene rings is 1. The van der Waals surface area contributed by atoms with Crippen molar-refractivity contribution in [3.63, 3.8) is 0 Å². The maximum absolute atomic E-state index is 12.0. The number of hydrogen-bond acceptors (Lipinski definition) is 4. The zero-order valence-corrected chi connectivity index (χ0v) is 15.7. The van der Waals surface area contributed by atoms with Gasteiger partial charge in [-0.25, -0.2) is 4.98 Å². The average Bonchev–Trinajstić information content (AvgIpc) is 2.68. The molecule has 2 aromatic rings. The van der Waals surface area contributed by atoms with Crippen LogP contribution in [0.15, 0.2) is 42.6 Å². The summed E-state index contributed by atoms with van der Waals surface area (Å²) in [5.74, 6) is 0.886. The van der Waals surface area contributed by atoms with E-state index in [0.717, 1.165) is 18.7 Å². The quantitative estimate of drug-likeness (QED) is 0.808. The van der Waals surface area contributed by atoms with Gasteiger partial charge in [0.1, 0.15) is 11.6 Å². The van der Waals surface area contributed by atoms with Crippen LogP contribution >= 0.6 is 11.6 Å². The summed E-state index contributed by atoms with van der Waals surface area (Å²) >= 11 is 5.82. The Morgan fingerprint density at radius 3 is 2.77 bits per heavy atom. The summed E-state index contributed by atoms with van der Waals surface area (Å²) in [5, 5.41) is 3.39. The fourth-order valence-corrected chi connectivity index (χ4v) is 3.38. The van der Waals surface area contributed by atoms with Crippen LogP contribution in [0.2, 0.25) is 5.02 Å². The Hall–Kier alpha value is -2.27. The van der Waals surface area contributed by atoms with Gasteiger partial charge >= 0.3 is 0 Å². The number of nitrogens with one attached hydrogen (secondary N) is 1. The summed E-state index contributed by atoms with van der Waals surface area (Å²) in [6, 6.07) is 11.3. The Morgan fingerprint density at radius 1 is 1.27 bits per heavy atom. The molecule has 5 nitrogen and oxygen atoms in total. The molecule has 2 heterocycles. The molecule has 3 rings (SSSR count). The standard InChI is InChI=1S/C20H24ClN3O2/c1-2-16-5-3-4-12-24(16)17-8-11-19(22-13-17)23-20(25)14-26-18-9-6-15(21)7-10-18/h6-11,13,16H,2-5,12,14H2,1H3,(H,22,23,25). The van der Waals surface area contributed by atoms with Gasteiger partial charge in [-0.3, -0.25) is 4.79 Å². The molecular weight excluding hydrogens is 350 g/mol. The van der Waals surface area contributed by atoms with E-state index in [9.17, 15) is 4.79 Å². The second-order valence-electron chi connectivity index (χ2n) is 6.44. The van der Waals surface area contributed by atoms with Crippen molar-refractivity contribution in [1.29, 1.82) is 0 Å². The number of amides is 1. The Labute approximate surface area is 159 Å². The molecule has 0 saturated carbocycles. The van der Waals surface area contributed by atoms with E-state index in [0.29, 0.717) is 22.6 Å². The van der Waals surface area contributed by atoms with E-state index in [1.54, 1.807) is 24.3 Å². The summed E-state index contributed by atoms with van der Waals surface area (Å²) in [6.07, 6.45) is 6.72. The molecule has 0 aliphatic carbocycles. The van der Waals surface area contributed by atoms with Gasteiger partial charge < -0.3 is 15.0 Å². The molecule has 1 N–H and O–H groups in total. The topological polar surface area (TPSA) is 54.5 Å². The minimum atomic E-state index is -0.246. The maximum atomic E-state index is 12.0. The average molecular weight is 374 g/mol. The van der Waals surface area contributed by atoms with Crippen LogP contribution in [0.5, 0.6) is 5.75 Å². The van der Waals surface area contributed by atoms with Gasteiger partial charge in [-0.15, -0.1) is 0 Å². The van der Waals surface area contributed by atoms with Crippen molar-refractivity contribution in [2.75, 3.05) is 23.4 Å². The summed E-state index contributed by atoms with van der Waals surface area (Å²) in [7, 11) is 0. The van der Waals surface area contributed by atoms with Crippen LogP contribution < -0.4 is 15.0 Å². The highest BCUT2D eigenvalue weighted by molar-refractivity contribution is 6.30. The van der Waals surface area contributed by atoms with Crippen molar-refractivity contribution in [3.05, 3.63) is 47.6 Å². The van der Waals surface area contributed by atoms with E-state index in [-0.39, 0.29) is 12.5 Å². The Kier molecular flexibility index (Phi) is 6.34. The number of carbonyl (C=O) groups excluding carboxylic acids is 1. The maximum Gasteiger partial charge on any atom is 0.263 e. The molecule has 1 aliphatic rings. The molecular formula is C20H24ClN3O2. The lowest BCUT2D eigenvalue weighted by atomic mass is 9.99. The van der Waals surface area contributed by atoms with E-state index in [2.05, 4.69) is 22.1 Å². The van der Waals surface area contributed by atoms with Crippen molar-refractivity contribution >= 4 is 29.0 Å². The summed E-state index contributed by atoms with van der Waals surface area (Å²) in [6.45, 7) is 3.22. The minimum absolute atomic E-state index is 0.0743. The van der Waals surface area contributed by atoms with Crippen LogP contribution in [-0.2, 0) is 4.79 Å². The van der Waals surface area contributed by atoms with Gasteiger partial charge in [0.05, 0.1) is 11.9 Å². The largest absolute Gasteiger partial charge is 0.484 e. The lowest BCUT2D eigenvalue weighted by molar-refractivity contribution is -0.118. The highest BCUT2D eigenvalue weighted by Gasteiger charge is 2.21. The summed E-state index contributed by atoms with van der Waals surface area (Å²) < 4.78 is 5.44. The second kappa shape index (κ2) is 8.90. The molecule has 0 bridgehead atoms. The predicted octanol–water partition coefficient (Wildman–Crippen LogP) is 4.52. The molecule has 1 fully saturated rings. The van der Waals surface area contributed by atoms with Crippen LogP contribution in [-0.4, -0.2) is 30.1 Å². The number of piperidine rings is 1. The highest BCUT2D eigenvalue weighted by Crippen LogP contribution is 2.26. The van der Waals surface area contributed by atoms with E-state index in [1.165, 1.54) is 19.3 Å². The van der Waals surface area contributed by atoms with Gasteiger partial charge in [0.2, 0.25) is 0 Å². The number of aromatic nitrogens is 1. The van der Waals surface area contributed by atoms with Crippen LogP contribution in [0.1, 0.15) is 32.6 Å². The van der Waals surface area contributed by atoms with E-state index in [1.807, 2.05) is 18.3 Å². The Bertz CT molecular complexity index is 719. The molecule has 1 aromatic carbocycles. The van der Waals surface area contributed by atoms with Gasteiger partial charge in [-0.05, 0) is 62.1 Å². The van der Waals surface area contributed by atoms with Gasteiger partial charge in [0, 0.05) is 17.6 Å². The first-order valence-corrected chi connectivity index (χ1v) is 9.44. The zero-order valence-electron chi connectivity index (χ0n) is 15.0. The zero-order chi connectivity index (χ0) is 18.4. The van der Waals surface area contributed by atoms with Gasteiger partial charge in [0.15, 0.2) is 6.61 Å². The fraction of sp³-hybridized carbons (Fsp3) is 0.400. The van der Waals surface area contributed by atoms with Gasteiger partial charge in [-0.2, -0.15) is 0 Å². The Morgan fingerprint density at radius 2 is 2.08 bits per heavy atom. The third-order valence-corrected chi connectivity index (χ3v) is 4.88. The van der Waals surface area contributed by atoms with Crippen molar-refractivity contribution < 1.29 is 9.53 Å². The molecule has 1 saturated heterocycles. The third kappa shape index (κ3) is 4.88. The predicted molar refractivity (Wildman–Crippen MR) is 105 cm³/mol. The number of nitrogens with zero attached hydrogens (tertiary/aromatic N) is 2. The smallest absolute Gasteiger partial charge is 0.263 e. The number of pyridine rings is 1. The second-order valence-corrected chi connectivity index (χ2v) is 6.88.